The van der Waals surface area contributed by atoms with Crippen LogP contribution in [-0.2, 0) is 15.0 Å². The molecule has 196 valence electrons. The minimum atomic E-state index is -3.83. The van der Waals surface area contributed by atoms with Gasteiger partial charge in [0.05, 0.1) is 7.11 Å². The predicted molar refractivity (Wildman–Crippen MR) is 148 cm³/mol. The van der Waals surface area contributed by atoms with Crippen molar-refractivity contribution in [3.8, 4) is 5.75 Å². The number of benzene rings is 3. The number of fused-ring (bicyclic) bond motifs is 1. The number of hydrogen-bond donors (Lipinski definition) is 2. The van der Waals surface area contributed by atoms with Crippen LogP contribution < -0.4 is 9.46 Å². The molecule has 1 saturated heterocycles. The van der Waals surface area contributed by atoms with E-state index in [4.69, 9.17) is 4.74 Å². The molecule has 0 bridgehead atoms. The van der Waals surface area contributed by atoms with Gasteiger partial charge in [-0.25, -0.2) is 0 Å². The standard InChI is InChI=1S/C29H34N2O5S/c1-3-4-28(29(32)33)30-37(34,35)31-17-15-24(16-18-31)23-10-7-21(8-11-23)5-6-22-9-12-26-20-27(36-2)14-13-25(26)19-22/h5-14,19-20,24,28,30H,3-4,15-18H2,1-2H3,(H,32,33)/b6-5+/t28-/m0/s1. The van der Waals surface area contributed by atoms with E-state index in [0.717, 1.165) is 27.6 Å². The van der Waals surface area contributed by atoms with Gasteiger partial charge >= 0.3 is 5.97 Å². The molecule has 4 rings (SSSR count). The molecule has 7 nitrogen and oxygen atoms in total. The van der Waals surface area contributed by atoms with Gasteiger partial charge in [-0.15, -0.1) is 0 Å². The number of methoxy groups -OCH3 is 1. The van der Waals surface area contributed by atoms with Gasteiger partial charge in [-0.05, 0) is 70.8 Å². The average Bonchev–Trinajstić information content (AvgIpc) is 2.91. The van der Waals surface area contributed by atoms with Gasteiger partial charge in [-0.1, -0.05) is 68.0 Å². The van der Waals surface area contributed by atoms with Crippen molar-refractivity contribution in [1.82, 2.24) is 9.03 Å². The summed E-state index contributed by atoms with van der Waals surface area (Å²) in [6.45, 7) is 2.57. The highest BCUT2D eigenvalue weighted by Gasteiger charge is 2.32. The summed E-state index contributed by atoms with van der Waals surface area (Å²) in [5.74, 6) is -0.0257. The number of rotatable bonds is 10. The fraction of sp³-hybridized carbons (Fsp3) is 0.345. The van der Waals surface area contributed by atoms with Crippen LogP contribution in [-0.4, -0.2) is 50.0 Å². The molecule has 0 aromatic heterocycles. The lowest BCUT2D eigenvalue weighted by atomic mass is 9.90. The van der Waals surface area contributed by atoms with Gasteiger partial charge in [0.15, 0.2) is 0 Å². The molecule has 8 heteroatoms. The first-order valence-corrected chi connectivity index (χ1v) is 14.1. The number of carboxylic acids is 1. The number of ether oxygens (including phenoxy) is 1. The molecule has 3 aromatic rings. The number of hydrogen-bond acceptors (Lipinski definition) is 4. The SMILES string of the molecule is CCC[C@H](NS(=O)(=O)N1CCC(c2ccc(/C=C/c3ccc4cc(OC)ccc4c3)cc2)CC1)C(=O)O. The van der Waals surface area contributed by atoms with E-state index in [2.05, 4.69) is 65.4 Å². The van der Waals surface area contributed by atoms with Gasteiger partial charge < -0.3 is 9.84 Å². The summed E-state index contributed by atoms with van der Waals surface area (Å²) in [5.41, 5.74) is 3.41. The Labute approximate surface area is 218 Å². The second-order valence-corrected chi connectivity index (χ2v) is 11.2. The van der Waals surface area contributed by atoms with Crippen molar-refractivity contribution in [2.75, 3.05) is 20.2 Å². The molecule has 1 aliphatic heterocycles. The summed E-state index contributed by atoms with van der Waals surface area (Å²) in [5, 5.41) is 11.6. The average molecular weight is 523 g/mol. The second-order valence-electron chi connectivity index (χ2n) is 9.45. The summed E-state index contributed by atoms with van der Waals surface area (Å²) in [4.78, 5) is 11.4. The Hall–Kier alpha value is -3.20. The van der Waals surface area contributed by atoms with Crippen LogP contribution in [0.2, 0.25) is 0 Å². The van der Waals surface area contributed by atoms with Gasteiger partial charge in [0, 0.05) is 13.1 Å². The van der Waals surface area contributed by atoms with Crippen LogP contribution in [0, 0.1) is 0 Å². The quantitative estimate of drug-likeness (QED) is 0.353. The van der Waals surface area contributed by atoms with Gasteiger partial charge in [0.1, 0.15) is 11.8 Å². The maximum Gasteiger partial charge on any atom is 0.321 e. The van der Waals surface area contributed by atoms with E-state index in [1.54, 1.807) is 7.11 Å². The van der Waals surface area contributed by atoms with Crippen LogP contribution in [0.1, 0.15) is 55.2 Å². The zero-order chi connectivity index (χ0) is 26.4. The zero-order valence-corrected chi connectivity index (χ0v) is 22.1. The Morgan fingerprint density at radius 2 is 1.65 bits per heavy atom. The number of aliphatic carboxylic acids is 1. The molecule has 0 unspecified atom stereocenters. The van der Waals surface area contributed by atoms with Crippen LogP contribution >= 0.6 is 0 Å². The molecule has 37 heavy (non-hydrogen) atoms. The molecule has 0 aliphatic carbocycles. The van der Waals surface area contributed by atoms with E-state index in [-0.39, 0.29) is 12.3 Å². The van der Waals surface area contributed by atoms with Crippen molar-refractivity contribution in [1.29, 1.82) is 0 Å². The Kier molecular flexibility index (Phi) is 8.63. The van der Waals surface area contributed by atoms with E-state index in [1.165, 1.54) is 9.87 Å². The molecule has 0 saturated carbocycles. The molecule has 0 spiro atoms. The number of carbonyl (C=O) groups is 1. The minimum absolute atomic E-state index is 0.266. The predicted octanol–water partition coefficient (Wildman–Crippen LogP) is 5.29. The summed E-state index contributed by atoms with van der Waals surface area (Å²) in [6, 6.07) is 19.7. The summed E-state index contributed by atoms with van der Waals surface area (Å²) < 4.78 is 34.4. The van der Waals surface area contributed by atoms with Gasteiger partial charge in [-0.2, -0.15) is 17.4 Å². The van der Waals surface area contributed by atoms with E-state index in [1.807, 2.05) is 19.1 Å². The molecule has 0 radical (unpaired) electrons. The van der Waals surface area contributed by atoms with Crippen LogP contribution in [0.4, 0.5) is 0 Å². The Morgan fingerprint density at radius 1 is 1.03 bits per heavy atom. The van der Waals surface area contributed by atoms with Crippen molar-refractivity contribution in [3.05, 3.63) is 77.4 Å². The second kappa shape index (κ2) is 11.9. The first-order chi connectivity index (χ1) is 17.8. The lowest BCUT2D eigenvalue weighted by Crippen LogP contribution is -2.50. The molecule has 1 fully saturated rings. The number of nitrogens with one attached hydrogen (secondary N) is 1. The number of nitrogens with zero attached hydrogens (tertiary/aromatic N) is 1. The van der Waals surface area contributed by atoms with Gasteiger partial charge in [0.25, 0.3) is 10.2 Å². The van der Waals surface area contributed by atoms with E-state index in [0.29, 0.717) is 32.4 Å². The lowest BCUT2D eigenvalue weighted by molar-refractivity contribution is -0.139. The largest absolute Gasteiger partial charge is 0.497 e. The Morgan fingerprint density at radius 3 is 2.30 bits per heavy atom. The maximum absolute atomic E-state index is 12.7. The van der Waals surface area contributed by atoms with Crippen LogP contribution in [0.25, 0.3) is 22.9 Å². The Bertz CT molecular complexity index is 1360. The topological polar surface area (TPSA) is 95.9 Å². The van der Waals surface area contributed by atoms with E-state index < -0.39 is 22.2 Å². The normalized spacial score (nSPS) is 16.3. The molecule has 1 heterocycles. The molecule has 3 aromatic carbocycles. The van der Waals surface area contributed by atoms with Crippen molar-refractivity contribution in [3.63, 3.8) is 0 Å². The molecular formula is C29H34N2O5S. The zero-order valence-electron chi connectivity index (χ0n) is 21.3. The van der Waals surface area contributed by atoms with Crippen molar-refractivity contribution in [2.24, 2.45) is 0 Å². The van der Waals surface area contributed by atoms with Gasteiger partial charge in [-0.3, -0.25) is 4.79 Å². The van der Waals surface area contributed by atoms with Crippen LogP contribution in [0.3, 0.4) is 0 Å². The monoisotopic (exact) mass is 522 g/mol. The van der Waals surface area contributed by atoms with Crippen LogP contribution in [0.5, 0.6) is 5.75 Å². The van der Waals surface area contributed by atoms with Crippen LogP contribution in [0.15, 0.2) is 60.7 Å². The molecule has 1 aliphatic rings. The summed E-state index contributed by atoms with van der Waals surface area (Å²) in [6.07, 6.45) is 6.43. The lowest BCUT2D eigenvalue weighted by Gasteiger charge is -2.32. The van der Waals surface area contributed by atoms with Crippen molar-refractivity contribution < 1.29 is 23.1 Å². The third kappa shape index (κ3) is 6.77. The van der Waals surface area contributed by atoms with Crippen molar-refractivity contribution >= 4 is 39.1 Å². The maximum atomic E-state index is 12.7. The first kappa shape index (κ1) is 26.9. The highest BCUT2D eigenvalue weighted by molar-refractivity contribution is 7.87. The highest BCUT2D eigenvalue weighted by atomic mass is 32.2. The summed E-state index contributed by atoms with van der Waals surface area (Å²) >= 11 is 0. The Balaban J connectivity index is 1.35. The van der Waals surface area contributed by atoms with E-state index >= 15 is 0 Å². The molecular weight excluding hydrogens is 488 g/mol. The molecule has 0 amide bonds. The molecule has 2 N–H and O–H groups in total. The fourth-order valence-electron chi connectivity index (χ4n) is 4.75. The van der Waals surface area contributed by atoms with E-state index in [9.17, 15) is 18.3 Å². The van der Waals surface area contributed by atoms with Crippen molar-refractivity contribution in [2.45, 2.75) is 44.6 Å². The number of carboxylic acid groups (broad SMARTS) is 1. The third-order valence-electron chi connectivity index (χ3n) is 6.91. The smallest absolute Gasteiger partial charge is 0.321 e. The fourth-order valence-corrected chi connectivity index (χ4v) is 6.17. The summed E-state index contributed by atoms with van der Waals surface area (Å²) in [7, 11) is -2.16. The highest BCUT2D eigenvalue weighted by Crippen LogP contribution is 2.29. The number of piperidine rings is 1. The minimum Gasteiger partial charge on any atom is -0.497 e. The first-order valence-electron chi connectivity index (χ1n) is 12.6. The van der Waals surface area contributed by atoms with Gasteiger partial charge in [0.2, 0.25) is 0 Å². The third-order valence-corrected chi connectivity index (χ3v) is 8.54. The molecule has 1 atom stereocenters.